The molecule has 98 valence electrons. The molecule has 0 unspecified atom stereocenters. The number of amides is 2. The lowest BCUT2D eigenvalue weighted by Crippen LogP contribution is -2.50. The summed E-state index contributed by atoms with van der Waals surface area (Å²) in [6.45, 7) is 3.00. The Bertz CT molecular complexity index is 415. The van der Waals surface area contributed by atoms with Crippen LogP contribution in [0.2, 0.25) is 5.02 Å². The third-order valence-corrected chi connectivity index (χ3v) is 3.24. The van der Waals surface area contributed by atoms with Gasteiger partial charge in [0.2, 0.25) is 0 Å². The van der Waals surface area contributed by atoms with Gasteiger partial charge in [0.25, 0.3) is 0 Å². The Balaban J connectivity index is 1.92. The summed E-state index contributed by atoms with van der Waals surface area (Å²) in [7, 11) is 0. The molecule has 2 N–H and O–H groups in total. The molecule has 0 aliphatic carbocycles. The van der Waals surface area contributed by atoms with Crippen LogP contribution in [0.3, 0.4) is 0 Å². The highest BCUT2D eigenvalue weighted by Crippen LogP contribution is 2.18. The number of carbonyl (C=O) groups excluding carboxylic acids is 1. The predicted molar refractivity (Wildman–Crippen MR) is 68.1 cm³/mol. The number of nitrogens with one attached hydrogen (secondary N) is 2. The van der Waals surface area contributed by atoms with Crippen molar-refractivity contribution in [1.82, 2.24) is 15.5 Å². The van der Waals surface area contributed by atoms with Crippen molar-refractivity contribution < 1.29 is 9.18 Å². The van der Waals surface area contributed by atoms with Crippen molar-refractivity contribution in [3.63, 3.8) is 0 Å². The fourth-order valence-corrected chi connectivity index (χ4v) is 2.07. The number of urea groups is 1. The first-order chi connectivity index (χ1) is 8.68. The van der Waals surface area contributed by atoms with Crippen molar-refractivity contribution in [2.45, 2.75) is 6.54 Å². The van der Waals surface area contributed by atoms with Crippen LogP contribution in [0.1, 0.15) is 5.56 Å². The molecule has 4 nitrogen and oxygen atoms in total. The summed E-state index contributed by atoms with van der Waals surface area (Å²) in [4.78, 5) is 13.5. The molecule has 1 aromatic rings. The van der Waals surface area contributed by atoms with Crippen molar-refractivity contribution >= 4 is 17.6 Å². The van der Waals surface area contributed by atoms with E-state index in [1.165, 1.54) is 6.07 Å². The Kier molecular flexibility index (Phi) is 4.38. The Labute approximate surface area is 110 Å². The molecular formula is C12H15ClFN3O. The number of hydrogen-bond acceptors (Lipinski definition) is 2. The van der Waals surface area contributed by atoms with Crippen molar-refractivity contribution in [2.75, 3.05) is 26.2 Å². The molecule has 0 saturated carbocycles. The van der Waals surface area contributed by atoms with Gasteiger partial charge in [0.1, 0.15) is 5.82 Å². The second-order valence-corrected chi connectivity index (χ2v) is 4.50. The van der Waals surface area contributed by atoms with Crippen LogP contribution in [0.4, 0.5) is 9.18 Å². The van der Waals surface area contributed by atoms with E-state index in [2.05, 4.69) is 10.6 Å². The molecule has 1 fully saturated rings. The van der Waals surface area contributed by atoms with Gasteiger partial charge >= 0.3 is 6.03 Å². The van der Waals surface area contributed by atoms with Gasteiger partial charge in [0, 0.05) is 43.3 Å². The largest absolute Gasteiger partial charge is 0.334 e. The maximum absolute atomic E-state index is 13.5. The molecular weight excluding hydrogens is 257 g/mol. The highest BCUT2D eigenvalue weighted by atomic mass is 35.5. The number of nitrogens with zero attached hydrogens (tertiary/aromatic N) is 1. The number of piperazine rings is 1. The number of halogens is 2. The topological polar surface area (TPSA) is 44.4 Å². The van der Waals surface area contributed by atoms with Gasteiger partial charge < -0.3 is 15.5 Å². The van der Waals surface area contributed by atoms with E-state index in [0.29, 0.717) is 23.7 Å². The van der Waals surface area contributed by atoms with Gasteiger partial charge in [-0.3, -0.25) is 0 Å². The van der Waals surface area contributed by atoms with E-state index in [1.807, 2.05) is 0 Å². The Morgan fingerprint density at radius 1 is 1.44 bits per heavy atom. The summed E-state index contributed by atoms with van der Waals surface area (Å²) in [6, 6.07) is 4.30. The average molecular weight is 272 g/mol. The van der Waals surface area contributed by atoms with E-state index >= 15 is 0 Å². The zero-order valence-electron chi connectivity index (χ0n) is 9.88. The van der Waals surface area contributed by atoms with Gasteiger partial charge in [-0.2, -0.15) is 0 Å². The fraction of sp³-hybridized carbons (Fsp3) is 0.417. The van der Waals surface area contributed by atoms with E-state index in [4.69, 9.17) is 11.6 Å². The molecule has 1 heterocycles. The summed E-state index contributed by atoms with van der Waals surface area (Å²) in [5.74, 6) is -0.400. The monoisotopic (exact) mass is 271 g/mol. The molecule has 1 saturated heterocycles. The van der Waals surface area contributed by atoms with Gasteiger partial charge in [-0.25, -0.2) is 9.18 Å². The van der Waals surface area contributed by atoms with Crippen LogP contribution in [-0.4, -0.2) is 37.1 Å². The lowest BCUT2D eigenvalue weighted by Gasteiger charge is -2.27. The molecule has 0 spiro atoms. The number of rotatable bonds is 2. The number of benzene rings is 1. The van der Waals surface area contributed by atoms with Crippen molar-refractivity contribution in [3.8, 4) is 0 Å². The fourth-order valence-electron chi connectivity index (χ4n) is 1.84. The van der Waals surface area contributed by atoms with Crippen LogP contribution in [0.15, 0.2) is 18.2 Å². The summed E-state index contributed by atoms with van der Waals surface area (Å²) in [5.41, 5.74) is 0.322. The van der Waals surface area contributed by atoms with Crippen LogP contribution >= 0.6 is 11.6 Å². The van der Waals surface area contributed by atoms with Crippen LogP contribution in [-0.2, 0) is 6.54 Å². The maximum atomic E-state index is 13.5. The quantitative estimate of drug-likeness (QED) is 0.858. The Morgan fingerprint density at radius 2 is 2.17 bits per heavy atom. The normalized spacial score (nSPS) is 15.6. The maximum Gasteiger partial charge on any atom is 0.317 e. The van der Waals surface area contributed by atoms with Crippen molar-refractivity contribution in [3.05, 3.63) is 34.6 Å². The summed E-state index contributed by atoms with van der Waals surface area (Å²) >= 11 is 5.88. The lowest BCUT2D eigenvalue weighted by atomic mass is 10.2. The molecule has 2 rings (SSSR count). The molecule has 1 aromatic carbocycles. The SMILES string of the molecule is O=C(NCc1c(F)cccc1Cl)N1CCNCC1. The molecule has 18 heavy (non-hydrogen) atoms. The second kappa shape index (κ2) is 6.02. The average Bonchev–Trinajstić information content (AvgIpc) is 2.39. The summed E-state index contributed by atoms with van der Waals surface area (Å²) < 4.78 is 13.5. The van der Waals surface area contributed by atoms with Crippen LogP contribution < -0.4 is 10.6 Å². The van der Waals surface area contributed by atoms with Gasteiger partial charge in [-0.1, -0.05) is 17.7 Å². The standard InChI is InChI=1S/C12H15ClFN3O/c13-10-2-1-3-11(14)9(10)8-16-12(18)17-6-4-15-5-7-17/h1-3,15H,4-8H2,(H,16,18). The molecule has 1 aliphatic heterocycles. The first-order valence-electron chi connectivity index (χ1n) is 5.85. The zero-order valence-corrected chi connectivity index (χ0v) is 10.6. The molecule has 2 amide bonds. The third-order valence-electron chi connectivity index (χ3n) is 2.88. The van der Waals surface area contributed by atoms with Crippen LogP contribution in [0, 0.1) is 5.82 Å². The minimum absolute atomic E-state index is 0.105. The third kappa shape index (κ3) is 3.11. The van der Waals surface area contributed by atoms with E-state index in [0.717, 1.165) is 13.1 Å². The van der Waals surface area contributed by atoms with Gasteiger partial charge in [-0.05, 0) is 12.1 Å². The first-order valence-corrected chi connectivity index (χ1v) is 6.22. The smallest absolute Gasteiger partial charge is 0.317 e. The van der Waals surface area contributed by atoms with Crippen LogP contribution in [0.5, 0.6) is 0 Å². The molecule has 6 heteroatoms. The van der Waals surface area contributed by atoms with Crippen molar-refractivity contribution in [2.24, 2.45) is 0 Å². The van der Waals surface area contributed by atoms with E-state index in [1.54, 1.807) is 17.0 Å². The minimum atomic E-state index is -0.400. The van der Waals surface area contributed by atoms with Gasteiger partial charge in [-0.15, -0.1) is 0 Å². The van der Waals surface area contributed by atoms with E-state index in [-0.39, 0.29) is 12.6 Å². The summed E-state index contributed by atoms with van der Waals surface area (Å²) in [6.07, 6.45) is 0. The van der Waals surface area contributed by atoms with Gasteiger partial charge in [0.15, 0.2) is 0 Å². The zero-order chi connectivity index (χ0) is 13.0. The highest BCUT2D eigenvalue weighted by Gasteiger charge is 2.16. The molecule has 0 bridgehead atoms. The number of carbonyl (C=O) groups is 1. The molecule has 0 radical (unpaired) electrons. The van der Waals surface area contributed by atoms with Crippen molar-refractivity contribution in [1.29, 1.82) is 0 Å². The number of hydrogen-bond donors (Lipinski definition) is 2. The molecule has 0 atom stereocenters. The second-order valence-electron chi connectivity index (χ2n) is 4.10. The molecule has 1 aliphatic rings. The minimum Gasteiger partial charge on any atom is -0.334 e. The predicted octanol–water partition coefficient (Wildman–Crippen LogP) is 1.59. The first kappa shape index (κ1) is 13.1. The van der Waals surface area contributed by atoms with Crippen LogP contribution in [0.25, 0.3) is 0 Å². The summed E-state index contributed by atoms with van der Waals surface area (Å²) in [5, 5.41) is 6.17. The molecule has 0 aromatic heterocycles. The highest BCUT2D eigenvalue weighted by molar-refractivity contribution is 6.31. The van der Waals surface area contributed by atoms with E-state index in [9.17, 15) is 9.18 Å². The Hall–Kier alpha value is -1.33. The van der Waals surface area contributed by atoms with E-state index < -0.39 is 5.82 Å². The lowest BCUT2D eigenvalue weighted by molar-refractivity contribution is 0.189. The Morgan fingerprint density at radius 3 is 2.83 bits per heavy atom. The van der Waals surface area contributed by atoms with Gasteiger partial charge in [0.05, 0.1) is 0 Å².